The van der Waals surface area contributed by atoms with Gasteiger partial charge in [0.15, 0.2) is 0 Å². The van der Waals surface area contributed by atoms with E-state index in [1.54, 1.807) is 0 Å². The molecular weight excluding hydrogens is 186 g/mol. The lowest BCUT2D eigenvalue weighted by atomic mass is 10.1. The number of thioether (sulfide) groups is 1. The van der Waals surface area contributed by atoms with E-state index in [-0.39, 0.29) is 0 Å². The smallest absolute Gasteiger partial charge is 0.134 e. The molecule has 1 rings (SSSR count). The normalized spacial score (nSPS) is 29.0. The van der Waals surface area contributed by atoms with Gasteiger partial charge >= 0.3 is 0 Å². The molecule has 0 unspecified atom stereocenters. The molecule has 0 spiro atoms. The molecule has 0 aromatic rings. The SMILES string of the molecule is CCC[C@H]1NC(=S)S[C@@H]1CCC. The van der Waals surface area contributed by atoms with Crippen LogP contribution in [-0.2, 0) is 0 Å². The quantitative estimate of drug-likeness (QED) is 0.706. The lowest BCUT2D eigenvalue weighted by Crippen LogP contribution is -2.30. The molecular formula is C9H17NS2. The Kier molecular flexibility index (Phi) is 4.36. The minimum absolute atomic E-state index is 0.646. The Balaban J connectivity index is 2.41. The van der Waals surface area contributed by atoms with Crippen LogP contribution in [0.3, 0.4) is 0 Å². The number of nitrogens with one attached hydrogen (secondary N) is 1. The molecule has 0 bridgehead atoms. The van der Waals surface area contributed by atoms with Crippen molar-refractivity contribution in [1.29, 1.82) is 0 Å². The summed E-state index contributed by atoms with van der Waals surface area (Å²) in [5, 5.41) is 4.12. The Morgan fingerprint density at radius 1 is 1.33 bits per heavy atom. The molecule has 0 amide bonds. The van der Waals surface area contributed by atoms with Crippen molar-refractivity contribution in [2.45, 2.75) is 50.8 Å². The van der Waals surface area contributed by atoms with E-state index in [1.165, 1.54) is 25.7 Å². The first-order valence-electron chi connectivity index (χ1n) is 4.75. The monoisotopic (exact) mass is 203 g/mol. The first-order chi connectivity index (χ1) is 5.77. The van der Waals surface area contributed by atoms with E-state index < -0.39 is 0 Å². The number of hydrogen-bond acceptors (Lipinski definition) is 2. The van der Waals surface area contributed by atoms with Crippen LogP contribution >= 0.6 is 24.0 Å². The van der Waals surface area contributed by atoms with Crippen molar-refractivity contribution in [2.24, 2.45) is 0 Å². The zero-order chi connectivity index (χ0) is 8.97. The van der Waals surface area contributed by atoms with Gasteiger partial charge in [0.1, 0.15) is 4.32 Å². The molecule has 1 aliphatic rings. The van der Waals surface area contributed by atoms with Crippen LogP contribution < -0.4 is 5.32 Å². The van der Waals surface area contributed by atoms with Crippen LogP contribution in [0, 0.1) is 0 Å². The zero-order valence-corrected chi connectivity index (χ0v) is 9.43. The molecule has 1 N–H and O–H groups in total. The van der Waals surface area contributed by atoms with E-state index in [0.29, 0.717) is 6.04 Å². The van der Waals surface area contributed by atoms with Crippen LogP contribution in [0.2, 0.25) is 0 Å². The highest BCUT2D eigenvalue weighted by Gasteiger charge is 2.28. The number of rotatable bonds is 4. The maximum absolute atomic E-state index is 5.15. The summed E-state index contributed by atoms with van der Waals surface area (Å²) in [5.74, 6) is 0. The summed E-state index contributed by atoms with van der Waals surface area (Å²) in [5.41, 5.74) is 0. The van der Waals surface area contributed by atoms with Gasteiger partial charge in [-0.3, -0.25) is 0 Å². The Morgan fingerprint density at radius 2 is 2.00 bits per heavy atom. The molecule has 12 heavy (non-hydrogen) atoms. The average molecular weight is 203 g/mol. The van der Waals surface area contributed by atoms with E-state index in [2.05, 4.69) is 19.2 Å². The summed E-state index contributed by atoms with van der Waals surface area (Å²) in [4.78, 5) is 0. The number of hydrogen-bond donors (Lipinski definition) is 1. The Bertz CT molecular complexity index is 143. The van der Waals surface area contributed by atoms with Gasteiger partial charge in [-0.25, -0.2) is 0 Å². The van der Waals surface area contributed by atoms with Crippen molar-refractivity contribution in [3.63, 3.8) is 0 Å². The standard InChI is InChI=1S/C9H17NS2/c1-3-5-7-8(6-4-2)12-9(11)10-7/h7-8H,3-6H2,1-2H3,(H,10,11)/t7-,8-/m1/s1. The second-order valence-electron chi connectivity index (χ2n) is 3.27. The van der Waals surface area contributed by atoms with Crippen molar-refractivity contribution in [1.82, 2.24) is 5.32 Å². The summed E-state index contributed by atoms with van der Waals surface area (Å²) in [6.07, 6.45) is 5.07. The van der Waals surface area contributed by atoms with Gasteiger partial charge in [0.25, 0.3) is 0 Å². The highest BCUT2D eigenvalue weighted by Crippen LogP contribution is 2.29. The third-order valence-electron chi connectivity index (χ3n) is 2.18. The largest absolute Gasteiger partial charge is 0.367 e. The van der Waals surface area contributed by atoms with Crippen LogP contribution in [0.4, 0.5) is 0 Å². The lowest BCUT2D eigenvalue weighted by molar-refractivity contribution is 0.523. The van der Waals surface area contributed by atoms with Gasteiger partial charge in [-0.05, 0) is 12.8 Å². The van der Waals surface area contributed by atoms with Gasteiger partial charge in [-0.15, -0.1) is 0 Å². The third kappa shape index (κ3) is 2.63. The Hall–Kier alpha value is 0.240. The van der Waals surface area contributed by atoms with E-state index in [0.717, 1.165) is 9.57 Å². The topological polar surface area (TPSA) is 12.0 Å². The molecule has 1 saturated heterocycles. The van der Waals surface area contributed by atoms with E-state index in [9.17, 15) is 0 Å². The van der Waals surface area contributed by atoms with Crippen LogP contribution in [0.5, 0.6) is 0 Å². The summed E-state index contributed by atoms with van der Waals surface area (Å²) in [7, 11) is 0. The van der Waals surface area contributed by atoms with Crippen molar-refractivity contribution in [2.75, 3.05) is 0 Å². The summed E-state index contributed by atoms with van der Waals surface area (Å²) in [6.45, 7) is 4.47. The van der Waals surface area contributed by atoms with Gasteiger partial charge in [-0.1, -0.05) is 50.7 Å². The van der Waals surface area contributed by atoms with Gasteiger partial charge < -0.3 is 5.32 Å². The first kappa shape index (κ1) is 10.3. The maximum atomic E-state index is 5.15. The van der Waals surface area contributed by atoms with Gasteiger partial charge in [0.05, 0.1) is 0 Å². The molecule has 1 heterocycles. The third-order valence-corrected chi connectivity index (χ3v) is 3.79. The Labute approximate surface area is 84.7 Å². The van der Waals surface area contributed by atoms with Crippen LogP contribution in [-0.4, -0.2) is 15.6 Å². The summed E-state index contributed by atoms with van der Waals surface area (Å²) < 4.78 is 1.01. The zero-order valence-electron chi connectivity index (χ0n) is 7.80. The van der Waals surface area contributed by atoms with Crippen molar-refractivity contribution < 1.29 is 0 Å². The fourth-order valence-electron chi connectivity index (χ4n) is 1.61. The fourth-order valence-corrected chi connectivity index (χ4v) is 3.35. The average Bonchev–Trinajstić information content (AvgIpc) is 2.33. The highest BCUT2D eigenvalue weighted by molar-refractivity contribution is 8.23. The summed E-state index contributed by atoms with van der Waals surface area (Å²) in [6, 6.07) is 0.646. The van der Waals surface area contributed by atoms with Gasteiger partial charge in [0, 0.05) is 11.3 Å². The van der Waals surface area contributed by atoms with E-state index in [1.807, 2.05) is 11.8 Å². The van der Waals surface area contributed by atoms with Crippen molar-refractivity contribution >= 4 is 28.3 Å². The maximum Gasteiger partial charge on any atom is 0.134 e. The second-order valence-corrected chi connectivity index (χ2v) is 5.19. The molecule has 0 saturated carbocycles. The molecule has 1 fully saturated rings. The molecule has 0 radical (unpaired) electrons. The van der Waals surface area contributed by atoms with Crippen LogP contribution in [0.15, 0.2) is 0 Å². The van der Waals surface area contributed by atoms with Crippen LogP contribution in [0.25, 0.3) is 0 Å². The fraction of sp³-hybridized carbons (Fsp3) is 0.889. The molecule has 3 heteroatoms. The second kappa shape index (κ2) is 5.07. The predicted octanol–water partition coefficient (Wildman–Crippen LogP) is 2.95. The highest BCUT2D eigenvalue weighted by atomic mass is 32.2. The molecule has 2 atom stereocenters. The van der Waals surface area contributed by atoms with E-state index >= 15 is 0 Å². The molecule has 0 aromatic heterocycles. The molecule has 1 nitrogen and oxygen atoms in total. The lowest BCUT2D eigenvalue weighted by Gasteiger charge is -2.16. The Morgan fingerprint density at radius 3 is 2.58 bits per heavy atom. The predicted molar refractivity (Wildman–Crippen MR) is 60.7 cm³/mol. The van der Waals surface area contributed by atoms with Crippen molar-refractivity contribution in [3.8, 4) is 0 Å². The molecule has 0 aliphatic carbocycles. The van der Waals surface area contributed by atoms with E-state index in [4.69, 9.17) is 12.2 Å². The van der Waals surface area contributed by atoms with Gasteiger partial charge in [-0.2, -0.15) is 0 Å². The first-order valence-corrected chi connectivity index (χ1v) is 6.03. The van der Waals surface area contributed by atoms with Crippen molar-refractivity contribution in [3.05, 3.63) is 0 Å². The minimum Gasteiger partial charge on any atom is -0.367 e. The molecule has 70 valence electrons. The van der Waals surface area contributed by atoms with Crippen LogP contribution in [0.1, 0.15) is 39.5 Å². The molecule has 0 aromatic carbocycles. The molecule has 1 aliphatic heterocycles. The minimum atomic E-state index is 0.646. The van der Waals surface area contributed by atoms with Gasteiger partial charge in [0.2, 0.25) is 0 Å². The summed E-state index contributed by atoms with van der Waals surface area (Å²) >= 11 is 7.01. The number of thiocarbonyl (C=S) groups is 1.